The Morgan fingerprint density at radius 3 is 2.56 bits per heavy atom. The molecule has 1 saturated heterocycles. The molecule has 2 heterocycles. The molecule has 0 bridgehead atoms. The predicted octanol–water partition coefficient (Wildman–Crippen LogP) is 1.20. The summed E-state index contributed by atoms with van der Waals surface area (Å²) in [6, 6.07) is 9.44. The molecule has 8 heteroatoms. The van der Waals surface area contributed by atoms with Gasteiger partial charge in [-0.2, -0.15) is 17.4 Å². The molecule has 2 N–H and O–H groups in total. The highest BCUT2D eigenvalue weighted by Gasteiger charge is 2.32. The number of nitrogens with zero attached hydrogens (tertiary/aromatic N) is 3. The molecule has 2 aromatic rings. The van der Waals surface area contributed by atoms with Crippen molar-refractivity contribution < 1.29 is 13.5 Å². The van der Waals surface area contributed by atoms with E-state index in [2.05, 4.69) is 9.71 Å². The minimum Gasteiger partial charge on any atom is -0.385 e. The molecule has 0 radical (unpaired) electrons. The van der Waals surface area contributed by atoms with Crippen LogP contribution in [0.4, 0.5) is 0 Å². The van der Waals surface area contributed by atoms with Gasteiger partial charge in [-0.25, -0.2) is 4.98 Å². The number of aliphatic hydroxyl groups is 1. The number of rotatable bonds is 6. The summed E-state index contributed by atoms with van der Waals surface area (Å²) in [5.74, 6) is 0.644. The molecular weight excluding hydrogens is 340 g/mol. The van der Waals surface area contributed by atoms with Gasteiger partial charge >= 0.3 is 0 Å². The van der Waals surface area contributed by atoms with E-state index in [1.165, 1.54) is 4.31 Å². The molecule has 1 aromatic carbocycles. The molecule has 1 atom stereocenters. The standard InChI is InChI=1S/C17H24N4O3S/c1-20-12-9-18-17(20)16(22)15-7-10-21(11-8-15)25(23,24)19-13-14-5-3-2-4-6-14/h2-6,9,12,15-16,19,22H,7-8,10-11,13H2,1H3. The molecule has 1 fully saturated rings. The van der Waals surface area contributed by atoms with Gasteiger partial charge in [-0.05, 0) is 24.3 Å². The molecule has 0 saturated carbocycles. The fourth-order valence-corrected chi connectivity index (χ4v) is 4.39. The van der Waals surface area contributed by atoms with E-state index in [0.717, 1.165) is 5.56 Å². The van der Waals surface area contributed by atoms with Crippen molar-refractivity contribution >= 4 is 10.2 Å². The Kier molecular flexibility index (Phi) is 5.53. The van der Waals surface area contributed by atoms with Crippen LogP contribution in [0.25, 0.3) is 0 Å². The number of aliphatic hydroxyl groups excluding tert-OH is 1. The van der Waals surface area contributed by atoms with Gasteiger partial charge in [0.05, 0.1) is 0 Å². The molecule has 1 aliphatic rings. The normalized spacial score (nSPS) is 18.3. The number of aryl methyl sites for hydroxylation is 1. The maximum atomic E-state index is 12.5. The quantitative estimate of drug-likeness (QED) is 0.806. The Hall–Kier alpha value is -1.74. The van der Waals surface area contributed by atoms with Crippen molar-refractivity contribution in [3.63, 3.8) is 0 Å². The van der Waals surface area contributed by atoms with Gasteiger partial charge in [-0.3, -0.25) is 0 Å². The summed E-state index contributed by atoms with van der Waals surface area (Å²) in [5, 5.41) is 10.5. The summed E-state index contributed by atoms with van der Waals surface area (Å²) in [7, 11) is -1.67. The van der Waals surface area contributed by atoms with Crippen molar-refractivity contribution in [2.45, 2.75) is 25.5 Å². The second-order valence-electron chi connectivity index (χ2n) is 6.39. The molecule has 3 rings (SSSR count). The van der Waals surface area contributed by atoms with E-state index < -0.39 is 16.3 Å². The van der Waals surface area contributed by atoms with Crippen molar-refractivity contribution in [1.29, 1.82) is 0 Å². The van der Waals surface area contributed by atoms with Crippen LogP contribution in [0.3, 0.4) is 0 Å². The first kappa shape index (κ1) is 18.1. The van der Waals surface area contributed by atoms with E-state index in [9.17, 15) is 13.5 Å². The molecule has 0 amide bonds. The fraction of sp³-hybridized carbons (Fsp3) is 0.471. The number of hydrogen-bond donors (Lipinski definition) is 2. The number of imidazole rings is 1. The maximum absolute atomic E-state index is 12.5. The van der Waals surface area contributed by atoms with Crippen LogP contribution in [0.2, 0.25) is 0 Å². The van der Waals surface area contributed by atoms with E-state index >= 15 is 0 Å². The monoisotopic (exact) mass is 364 g/mol. The second-order valence-corrected chi connectivity index (χ2v) is 8.14. The Morgan fingerprint density at radius 2 is 1.96 bits per heavy atom. The second kappa shape index (κ2) is 7.65. The number of hydrogen-bond acceptors (Lipinski definition) is 4. The summed E-state index contributed by atoms with van der Waals surface area (Å²) < 4.78 is 30.8. The zero-order valence-corrected chi connectivity index (χ0v) is 15.1. The Labute approximate surface area is 148 Å². The van der Waals surface area contributed by atoms with Crippen molar-refractivity contribution in [2.24, 2.45) is 13.0 Å². The highest BCUT2D eigenvalue weighted by molar-refractivity contribution is 7.87. The first-order valence-electron chi connectivity index (χ1n) is 8.41. The van der Waals surface area contributed by atoms with E-state index in [4.69, 9.17) is 0 Å². The van der Waals surface area contributed by atoms with E-state index in [1.807, 2.05) is 37.4 Å². The van der Waals surface area contributed by atoms with Crippen LogP contribution < -0.4 is 4.72 Å². The lowest BCUT2D eigenvalue weighted by atomic mass is 9.92. The first-order valence-corrected chi connectivity index (χ1v) is 9.85. The fourth-order valence-electron chi connectivity index (χ4n) is 3.17. The predicted molar refractivity (Wildman–Crippen MR) is 94.7 cm³/mol. The van der Waals surface area contributed by atoms with E-state index in [0.29, 0.717) is 31.8 Å². The zero-order valence-electron chi connectivity index (χ0n) is 14.2. The van der Waals surface area contributed by atoms with Crippen molar-refractivity contribution in [3.8, 4) is 0 Å². The van der Waals surface area contributed by atoms with Crippen LogP contribution in [0.1, 0.15) is 30.3 Å². The Balaban J connectivity index is 1.55. The molecule has 1 aromatic heterocycles. The van der Waals surface area contributed by atoms with Gasteiger partial charge < -0.3 is 9.67 Å². The van der Waals surface area contributed by atoms with Gasteiger partial charge in [0.1, 0.15) is 11.9 Å². The summed E-state index contributed by atoms with van der Waals surface area (Å²) in [6.07, 6.45) is 4.01. The molecule has 1 unspecified atom stereocenters. The minimum atomic E-state index is -3.51. The van der Waals surface area contributed by atoms with Crippen LogP contribution in [0, 0.1) is 5.92 Å². The number of piperidine rings is 1. The highest BCUT2D eigenvalue weighted by Crippen LogP contribution is 2.30. The first-order chi connectivity index (χ1) is 12.0. The summed E-state index contributed by atoms with van der Waals surface area (Å²) in [4.78, 5) is 4.19. The van der Waals surface area contributed by atoms with Gasteiger partial charge in [0.15, 0.2) is 0 Å². The maximum Gasteiger partial charge on any atom is 0.279 e. The lowest BCUT2D eigenvalue weighted by molar-refractivity contribution is 0.0666. The number of aromatic nitrogens is 2. The third-order valence-corrected chi connectivity index (χ3v) is 6.26. The topological polar surface area (TPSA) is 87.5 Å². The molecule has 0 aliphatic carbocycles. The molecule has 1 aliphatic heterocycles. The van der Waals surface area contributed by atoms with Crippen molar-refractivity contribution in [2.75, 3.05) is 13.1 Å². The smallest absolute Gasteiger partial charge is 0.279 e. The molecule has 25 heavy (non-hydrogen) atoms. The zero-order chi connectivity index (χ0) is 17.9. The molecule has 7 nitrogen and oxygen atoms in total. The third-order valence-electron chi connectivity index (χ3n) is 4.71. The van der Waals surface area contributed by atoms with Crippen LogP contribution in [-0.2, 0) is 23.8 Å². The molecule has 0 spiro atoms. The largest absolute Gasteiger partial charge is 0.385 e. The van der Waals surface area contributed by atoms with Crippen molar-refractivity contribution in [1.82, 2.24) is 18.6 Å². The lowest BCUT2D eigenvalue weighted by Gasteiger charge is -2.33. The van der Waals surface area contributed by atoms with Gasteiger partial charge in [-0.15, -0.1) is 0 Å². The Bertz CT molecular complexity index is 783. The SMILES string of the molecule is Cn1ccnc1C(O)C1CCN(S(=O)(=O)NCc2ccccc2)CC1. The van der Waals surface area contributed by atoms with Crippen LogP contribution in [0.15, 0.2) is 42.7 Å². The average molecular weight is 364 g/mol. The van der Waals surface area contributed by atoms with E-state index in [-0.39, 0.29) is 12.5 Å². The van der Waals surface area contributed by atoms with Crippen molar-refractivity contribution in [3.05, 3.63) is 54.1 Å². The van der Waals surface area contributed by atoms with Crippen LogP contribution >= 0.6 is 0 Å². The summed E-state index contributed by atoms with van der Waals surface area (Å²) in [6.45, 7) is 1.07. The highest BCUT2D eigenvalue weighted by atomic mass is 32.2. The van der Waals surface area contributed by atoms with Gasteiger partial charge in [-0.1, -0.05) is 30.3 Å². The van der Waals surface area contributed by atoms with E-state index in [1.54, 1.807) is 17.0 Å². The number of benzene rings is 1. The molecule has 136 valence electrons. The van der Waals surface area contributed by atoms with Crippen LogP contribution in [0.5, 0.6) is 0 Å². The summed E-state index contributed by atoms with van der Waals surface area (Å²) >= 11 is 0. The number of nitrogens with one attached hydrogen (secondary N) is 1. The van der Waals surface area contributed by atoms with Crippen LogP contribution in [-0.4, -0.2) is 40.5 Å². The van der Waals surface area contributed by atoms with Gasteiger partial charge in [0.2, 0.25) is 0 Å². The average Bonchev–Trinajstić information content (AvgIpc) is 3.06. The summed E-state index contributed by atoms with van der Waals surface area (Å²) in [5.41, 5.74) is 0.922. The Morgan fingerprint density at radius 1 is 1.28 bits per heavy atom. The molecular formula is C17H24N4O3S. The van der Waals surface area contributed by atoms with Gasteiger partial charge in [0, 0.05) is 39.1 Å². The van der Waals surface area contributed by atoms with Gasteiger partial charge in [0.25, 0.3) is 10.2 Å². The minimum absolute atomic E-state index is 0.0154. The third kappa shape index (κ3) is 4.27. The lowest BCUT2D eigenvalue weighted by Crippen LogP contribution is -2.45.